The van der Waals surface area contributed by atoms with Gasteiger partial charge in [-0.05, 0) is 42.7 Å². The highest BCUT2D eigenvalue weighted by atomic mass is 32.2. The van der Waals surface area contributed by atoms with Gasteiger partial charge in [-0.25, -0.2) is 8.42 Å². The van der Waals surface area contributed by atoms with E-state index in [2.05, 4.69) is 20.4 Å². The summed E-state index contributed by atoms with van der Waals surface area (Å²) >= 11 is 1.01. The molecule has 0 radical (unpaired) electrons. The Hall–Kier alpha value is -1.99. The fourth-order valence-corrected chi connectivity index (χ4v) is 4.15. The van der Waals surface area contributed by atoms with Crippen molar-refractivity contribution in [1.29, 1.82) is 0 Å². The monoisotopic (exact) mass is 347 g/mol. The van der Waals surface area contributed by atoms with E-state index in [0.29, 0.717) is 16.7 Å². The quantitative estimate of drug-likeness (QED) is 0.735. The minimum atomic E-state index is -3.69. The number of hydrogen-bond donors (Lipinski definition) is 1. The van der Waals surface area contributed by atoms with E-state index < -0.39 is 10.0 Å². The Morgan fingerprint density at radius 3 is 2.61 bits per heavy atom. The van der Waals surface area contributed by atoms with Gasteiger partial charge in [-0.3, -0.25) is 4.72 Å². The lowest BCUT2D eigenvalue weighted by Gasteiger charge is -2.09. The summed E-state index contributed by atoms with van der Waals surface area (Å²) in [5.41, 5.74) is 2.75. The molecule has 5 nitrogen and oxygen atoms in total. The zero-order chi connectivity index (χ0) is 16.3. The normalized spacial score (nSPS) is 11.7. The number of sulfonamides is 1. The Balaban J connectivity index is 1.85. The van der Waals surface area contributed by atoms with Gasteiger partial charge in [0.2, 0.25) is 0 Å². The van der Waals surface area contributed by atoms with E-state index in [1.54, 1.807) is 30.3 Å². The lowest BCUT2D eigenvalue weighted by Crippen LogP contribution is -2.13. The molecule has 1 aromatic heterocycles. The molecule has 1 heterocycles. The van der Waals surface area contributed by atoms with E-state index in [-0.39, 0.29) is 4.90 Å². The van der Waals surface area contributed by atoms with Gasteiger partial charge >= 0.3 is 0 Å². The highest BCUT2D eigenvalue weighted by Gasteiger charge is 2.19. The molecule has 23 heavy (non-hydrogen) atoms. The van der Waals surface area contributed by atoms with Gasteiger partial charge in [0.05, 0.1) is 11.7 Å². The first-order valence-corrected chi connectivity index (χ1v) is 9.64. The van der Waals surface area contributed by atoms with Crippen LogP contribution in [0.1, 0.15) is 25.3 Å². The highest BCUT2D eigenvalue weighted by molar-refractivity contribution is 7.93. The minimum absolute atomic E-state index is 0.152. The van der Waals surface area contributed by atoms with Crippen molar-refractivity contribution in [2.24, 2.45) is 0 Å². The van der Waals surface area contributed by atoms with Crippen molar-refractivity contribution >= 4 is 38.5 Å². The van der Waals surface area contributed by atoms with E-state index in [1.165, 1.54) is 5.56 Å². The molecule has 3 aromatic rings. The molecule has 0 unspecified atom stereocenters. The van der Waals surface area contributed by atoms with Crippen LogP contribution in [0.4, 0.5) is 5.69 Å². The van der Waals surface area contributed by atoms with Crippen LogP contribution in [-0.4, -0.2) is 17.2 Å². The third-order valence-corrected chi connectivity index (χ3v) is 5.52. The van der Waals surface area contributed by atoms with Gasteiger partial charge in [0.1, 0.15) is 15.9 Å². The predicted octanol–water partition coefficient (Wildman–Crippen LogP) is 3.83. The molecule has 0 saturated carbocycles. The maximum atomic E-state index is 12.6. The van der Waals surface area contributed by atoms with Gasteiger partial charge in [0.25, 0.3) is 10.0 Å². The molecule has 0 aliphatic rings. The SMILES string of the molecule is CCCCc1ccc(NS(=O)(=O)c2cccc3nsnc23)cc1. The van der Waals surface area contributed by atoms with Crippen molar-refractivity contribution in [1.82, 2.24) is 8.75 Å². The second kappa shape index (κ2) is 6.64. The Morgan fingerprint density at radius 1 is 1.09 bits per heavy atom. The van der Waals surface area contributed by atoms with Crippen LogP contribution in [0.3, 0.4) is 0 Å². The highest BCUT2D eigenvalue weighted by Crippen LogP contribution is 2.23. The molecular weight excluding hydrogens is 330 g/mol. The third-order valence-electron chi connectivity index (χ3n) is 3.56. The molecule has 1 N–H and O–H groups in total. The standard InChI is InChI=1S/C16H17N3O2S2/c1-2-3-5-12-8-10-13(11-9-12)19-23(20,21)15-7-4-6-14-16(15)18-22-17-14/h4,6-11,19H,2-3,5H2,1H3. The number of hydrogen-bond acceptors (Lipinski definition) is 5. The third kappa shape index (κ3) is 3.51. The number of benzene rings is 2. The van der Waals surface area contributed by atoms with Crippen LogP contribution in [0.15, 0.2) is 47.4 Å². The van der Waals surface area contributed by atoms with Crippen LogP contribution in [-0.2, 0) is 16.4 Å². The molecule has 0 saturated heterocycles. The van der Waals surface area contributed by atoms with Crippen molar-refractivity contribution in [2.45, 2.75) is 31.1 Å². The zero-order valence-electron chi connectivity index (χ0n) is 12.7. The number of aromatic nitrogens is 2. The molecule has 0 atom stereocenters. The molecule has 0 bridgehead atoms. The lowest BCUT2D eigenvalue weighted by atomic mass is 10.1. The maximum absolute atomic E-state index is 12.6. The number of rotatable bonds is 6. The Morgan fingerprint density at radius 2 is 1.87 bits per heavy atom. The van der Waals surface area contributed by atoms with Crippen LogP contribution in [0.5, 0.6) is 0 Å². The summed E-state index contributed by atoms with van der Waals surface area (Å²) in [5.74, 6) is 0. The molecule has 0 fully saturated rings. The first-order chi connectivity index (χ1) is 11.1. The number of nitrogens with one attached hydrogen (secondary N) is 1. The summed E-state index contributed by atoms with van der Waals surface area (Å²) in [5, 5.41) is 0. The summed E-state index contributed by atoms with van der Waals surface area (Å²) in [6.07, 6.45) is 3.28. The lowest BCUT2D eigenvalue weighted by molar-refractivity contribution is 0.602. The smallest absolute Gasteiger partial charge is 0.264 e. The van der Waals surface area contributed by atoms with Crippen molar-refractivity contribution in [3.8, 4) is 0 Å². The molecule has 0 aliphatic carbocycles. The van der Waals surface area contributed by atoms with Gasteiger partial charge in [0, 0.05) is 5.69 Å². The number of unbranched alkanes of at least 4 members (excludes halogenated alkanes) is 1. The number of fused-ring (bicyclic) bond motifs is 1. The summed E-state index contributed by atoms with van der Waals surface area (Å²) in [4.78, 5) is 0.152. The molecule has 2 aromatic carbocycles. The zero-order valence-corrected chi connectivity index (χ0v) is 14.3. The van der Waals surface area contributed by atoms with E-state index in [4.69, 9.17) is 0 Å². The topological polar surface area (TPSA) is 72.0 Å². The second-order valence-corrected chi connectivity index (χ2v) is 7.47. The van der Waals surface area contributed by atoms with Crippen molar-refractivity contribution in [3.63, 3.8) is 0 Å². The molecule has 0 aliphatic heterocycles. The Labute approximate surface area is 139 Å². The average Bonchev–Trinajstić information content (AvgIpc) is 3.02. The fourth-order valence-electron chi connectivity index (χ4n) is 2.33. The van der Waals surface area contributed by atoms with Crippen LogP contribution < -0.4 is 4.72 Å². The number of aryl methyl sites for hydroxylation is 1. The van der Waals surface area contributed by atoms with Crippen molar-refractivity contribution in [2.75, 3.05) is 4.72 Å². The van der Waals surface area contributed by atoms with Gasteiger partial charge in [0.15, 0.2) is 0 Å². The van der Waals surface area contributed by atoms with E-state index in [1.807, 2.05) is 12.1 Å². The van der Waals surface area contributed by atoms with Crippen LogP contribution in [0, 0.1) is 0 Å². The van der Waals surface area contributed by atoms with Gasteiger partial charge in [-0.2, -0.15) is 8.75 Å². The number of nitrogens with zero attached hydrogens (tertiary/aromatic N) is 2. The van der Waals surface area contributed by atoms with E-state index in [9.17, 15) is 8.42 Å². The molecule has 0 amide bonds. The first-order valence-electron chi connectivity index (χ1n) is 7.43. The molecular formula is C16H17N3O2S2. The molecule has 0 spiro atoms. The summed E-state index contributed by atoms with van der Waals surface area (Å²) in [6, 6.07) is 12.5. The molecule has 120 valence electrons. The Bertz CT molecular complexity index is 902. The van der Waals surface area contributed by atoms with Crippen LogP contribution >= 0.6 is 11.7 Å². The first kappa shape index (κ1) is 15.9. The Kier molecular flexibility index (Phi) is 4.58. The summed E-state index contributed by atoms with van der Waals surface area (Å²) in [7, 11) is -3.69. The molecule has 3 rings (SSSR count). The van der Waals surface area contributed by atoms with Crippen molar-refractivity contribution in [3.05, 3.63) is 48.0 Å². The predicted molar refractivity (Wildman–Crippen MR) is 93.3 cm³/mol. The van der Waals surface area contributed by atoms with E-state index in [0.717, 1.165) is 31.0 Å². The second-order valence-electron chi connectivity index (χ2n) is 5.29. The molecule has 7 heteroatoms. The summed E-state index contributed by atoms with van der Waals surface area (Å²) in [6.45, 7) is 2.15. The average molecular weight is 347 g/mol. The van der Waals surface area contributed by atoms with Gasteiger partial charge in [-0.1, -0.05) is 31.5 Å². The van der Waals surface area contributed by atoms with Gasteiger partial charge < -0.3 is 0 Å². The fraction of sp³-hybridized carbons (Fsp3) is 0.250. The van der Waals surface area contributed by atoms with E-state index >= 15 is 0 Å². The minimum Gasteiger partial charge on any atom is -0.280 e. The number of anilines is 1. The van der Waals surface area contributed by atoms with Crippen LogP contribution in [0.2, 0.25) is 0 Å². The maximum Gasteiger partial charge on any atom is 0.264 e. The van der Waals surface area contributed by atoms with Crippen molar-refractivity contribution < 1.29 is 8.42 Å². The summed E-state index contributed by atoms with van der Waals surface area (Å²) < 4.78 is 36.0. The largest absolute Gasteiger partial charge is 0.280 e. The van der Waals surface area contributed by atoms with Crippen LogP contribution in [0.25, 0.3) is 11.0 Å². The van der Waals surface area contributed by atoms with Gasteiger partial charge in [-0.15, -0.1) is 0 Å².